The number of nitrogens with zero attached hydrogens (tertiary/aromatic N) is 4. The summed E-state index contributed by atoms with van der Waals surface area (Å²) < 4.78 is 33.0. The number of carbonyl (C=O) groups is 2. The van der Waals surface area contributed by atoms with Crippen molar-refractivity contribution in [2.45, 2.75) is 12.2 Å². The molecule has 1 amide bonds. The number of hydrogen-bond acceptors (Lipinski definition) is 9. The van der Waals surface area contributed by atoms with E-state index in [2.05, 4.69) is 38.0 Å². The highest BCUT2D eigenvalue weighted by atomic mass is 32.1. The standard InChI is InChI=1S/C19H21N5O3S.C2HF3O2.H2O/c25-12-15(17-9-13-3-1-2-4-16(13)28-17)23-5-7-24(8-6-23)19-20-10-14(11-21-19)18(26)22-27;3-2(4,5)1(6)7;/h1-4,9-11,15,25,27H,5-8,12H2,(H,22,26);(H,6,7);1H2. The van der Waals surface area contributed by atoms with Gasteiger partial charge < -0.3 is 20.6 Å². The number of hydrogen-bond donors (Lipinski definition) is 4. The normalized spacial score (nSPS) is 14.9. The highest BCUT2D eigenvalue weighted by Crippen LogP contribution is 2.33. The van der Waals surface area contributed by atoms with E-state index in [4.69, 9.17) is 15.1 Å². The number of carboxylic acid groups (broad SMARTS) is 1. The second-order valence-corrected chi connectivity index (χ2v) is 8.54. The smallest absolute Gasteiger partial charge is 0.475 e. The van der Waals surface area contributed by atoms with Crippen LogP contribution in [0.4, 0.5) is 19.1 Å². The summed E-state index contributed by atoms with van der Waals surface area (Å²) in [5, 5.41) is 27.0. The molecule has 15 heteroatoms. The monoisotopic (exact) mass is 531 g/mol. The minimum Gasteiger partial charge on any atom is -0.475 e. The van der Waals surface area contributed by atoms with Crippen LogP contribution in [0.3, 0.4) is 0 Å². The second-order valence-electron chi connectivity index (χ2n) is 7.42. The first-order valence-corrected chi connectivity index (χ1v) is 11.1. The molecule has 1 aromatic carbocycles. The molecule has 0 bridgehead atoms. The highest BCUT2D eigenvalue weighted by Gasteiger charge is 2.38. The van der Waals surface area contributed by atoms with Gasteiger partial charge >= 0.3 is 12.1 Å². The lowest BCUT2D eigenvalue weighted by atomic mass is 10.1. The molecule has 196 valence electrons. The van der Waals surface area contributed by atoms with Crippen molar-refractivity contribution in [3.8, 4) is 0 Å². The van der Waals surface area contributed by atoms with Crippen LogP contribution in [0.15, 0.2) is 42.7 Å². The number of anilines is 1. The molecular weight excluding hydrogens is 507 g/mol. The SMILES string of the molecule is O.O=C(NO)c1cnc(N2CCN(C(CO)c3cc4ccccc4s3)CC2)nc1.O=C(O)C(F)(F)F. The van der Waals surface area contributed by atoms with Crippen LogP contribution in [0.5, 0.6) is 0 Å². The number of alkyl halides is 3. The number of aliphatic hydroxyl groups is 1. The number of carboxylic acids is 1. The number of amides is 1. The zero-order valence-electron chi connectivity index (χ0n) is 18.6. The number of fused-ring (bicyclic) bond motifs is 1. The number of aromatic nitrogens is 2. The largest absolute Gasteiger partial charge is 0.490 e. The van der Waals surface area contributed by atoms with E-state index in [1.165, 1.54) is 27.4 Å². The number of piperazine rings is 1. The highest BCUT2D eigenvalue weighted by molar-refractivity contribution is 7.19. The van der Waals surface area contributed by atoms with Gasteiger partial charge in [0.1, 0.15) is 0 Å². The number of rotatable bonds is 5. The molecule has 11 nitrogen and oxygen atoms in total. The molecule has 1 saturated heterocycles. The summed E-state index contributed by atoms with van der Waals surface area (Å²) in [5.74, 6) is -2.84. The van der Waals surface area contributed by atoms with Gasteiger partial charge in [-0.25, -0.2) is 20.2 Å². The summed E-state index contributed by atoms with van der Waals surface area (Å²) in [6.07, 6.45) is -2.29. The van der Waals surface area contributed by atoms with Crippen LogP contribution < -0.4 is 10.4 Å². The van der Waals surface area contributed by atoms with E-state index in [9.17, 15) is 23.1 Å². The van der Waals surface area contributed by atoms with Crippen molar-refractivity contribution in [2.75, 3.05) is 37.7 Å². The number of benzene rings is 1. The number of nitrogens with one attached hydrogen (secondary N) is 1. The fraction of sp³-hybridized carbons (Fsp3) is 0.333. The summed E-state index contributed by atoms with van der Waals surface area (Å²) >= 11 is 1.73. The third kappa shape index (κ3) is 7.08. The average Bonchev–Trinajstić information content (AvgIpc) is 3.28. The van der Waals surface area contributed by atoms with Gasteiger partial charge in [0.2, 0.25) is 5.95 Å². The number of carbonyl (C=O) groups excluding carboxylic acids is 1. The van der Waals surface area contributed by atoms with Gasteiger partial charge in [-0.3, -0.25) is 14.9 Å². The molecule has 1 fully saturated rings. The van der Waals surface area contributed by atoms with Crippen molar-refractivity contribution in [3.63, 3.8) is 0 Å². The lowest BCUT2D eigenvalue weighted by Gasteiger charge is -2.38. The maximum Gasteiger partial charge on any atom is 0.490 e. The Balaban J connectivity index is 0.000000503. The topological polar surface area (TPSA) is 171 Å². The Morgan fingerprint density at radius 1 is 1.11 bits per heavy atom. The molecule has 0 radical (unpaired) electrons. The number of hydroxylamine groups is 1. The first-order valence-electron chi connectivity index (χ1n) is 10.3. The molecule has 3 aromatic rings. The number of aliphatic hydroxyl groups excluding tert-OH is 1. The van der Waals surface area contributed by atoms with Crippen molar-refractivity contribution in [3.05, 3.63) is 53.2 Å². The van der Waals surface area contributed by atoms with Crippen LogP contribution in [0.2, 0.25) is 0 Å². The van der Waals surface area contributed by atoms with Gasteiger partial charge in [-0.05, 0) is 17.5 Å². The molecule has 0 spiro atoms. The van der Waals surface area contributed by atoms with Crippen molar-refractivity contribution < 1.29 is 43.7 Å². The van der Waals surface area contributed by atoms with E-state index in [1.807, 2.05) is 12.1 Å². The molecule has 6 N–H and O–H groups in total. The predicted molar refractivity (Wildman–Crippen MR) is 124 cm³/mol. The Kier molecular flexibility index (Phi) is 10.1. The van der Waals surface area contributed by atoms with Crippen LogP contribution in [0.1, 0.15) is 21.3 Å². The number of thiophene rings is 1. The molecule has 3 heterocycles. The first kappa shape index (κ1) is 28.9. The fourth-order valence-electron chi connectivity index (χ4n) is 3.45. The lowest BCUT2D eigenvalue weighted by molar-refractivity contribution is -0.192. The van der Waals surface area contributed by atoms with Crippen LogP contribution in [-0.4, -0.2) is 86.6 Å². The van der Waals surface area contributed by atoms with E-state index in [1.54, 1.807) is 16.8 Å². The molecule has 2 aromatic heterocycles. The molecule has 0 aliphatic carbocycles. The zero-order valence-corrected chi connectivity index (χ0v) is 19.5. The zero-order chi connectivity index (χ0) is 25.6. The van der Waals surface area contributed by atoms with Crippen LogP contribution >= 0.6 is 11.3 Å². The van der Waals surface area contributed by atoms with Crippen molar-refractivity contribution in [2.24, 2.45) is 0 Å². The minimum absolute atomic E-state index is 0. The predicted octanol–water partition coefficient (Wildman–Crippen LogP) is 1.47. The number of halogens is 3. The van der Waals surface area contributed by atoms with E-state index < -0.39 is 18.1 Å². The third-order valence-electron chi connectivity index (χ3n) is 5.23. The Morgan fingerprint density at radius 2 is 1.69 bits per heavy atom. The molecule has 1 aliphatic rings. The summed E-state index contributed by atoms with van der Waals surface area (Å²) in [4.78, 5) is 34.2. The van der Waals surface area contributed by atoms with E-state index in [0.717, 1.165) is 26.2 Å². The van der Waals surface area contributed by atoms with Gasteiger partial charge in [0.05, 0.1) is 18.2 Å². The molecule has 36 heavy (non-hydrogen) atoms. The van der Waals surface area contributed by atoms with Gasteiger partial charge in [0.15, 0.2) is 0 Å². The summed E-state index contributed by atoms with van der Waals surface area (Å²) in [5.41, 5.74) is 1.77. The Morgan fingerprint density at radius 3 is 2.19 bits per heavy atom. The summed E-state index contributed by atoms with van der Waals surface area (Å²) in [6.45, 7) is 3.09. The van der Waals surface area contributed by atoms with Crippen molar-refractivity contribution >= 4 is 39.2 Å². The Labute approximate surface area is 206 Å². The maximum absolute atomic E-state index is 11.4. The fourth-order valence-corrected chi connectivity index (χ4v) is 4.64. The summed E-state index contributed by atoms with van der Waals surface area (Å²) in [7, 11) is 0. The van der Waals surface area contributed by atoms with Crippen LogP contribution in [0.25, 0.3) is 10.1 Å². The molecule has 1 aliphatic heterocycles. The molecule has 0 saturated carbocycles. The van der Waals surface area contributed by atoms with Crippen molar-refractivity contribution in [1.82, 2.24) is 20.3 Å². The van der Waals surface area contributed by atoms with Crippen molar-refractivity contribution in [1.29, 1.82) is 0 Å². The molecule has 4 rings (SSSR count). The maximum atomic E-state index is 11.4. The quantitative estimate of drug-likeness (QED) is 0.281. The summed E-state index contributed by atoms with van der Waals surface area (Å²) in [6, 6.07) is 10.4. The Hall–Kier alpha value is -3.37. The number of aliphatic carboxylic acids is 1. The van der Waals surface area contributed by atoms with Gasteiger partial charge in [-0.15, -0.1) is 11.3 Å². The van der Waals surface area contributed by atoms with Crippen LogP contribution in [-0.2, 0) is 4.79 Å². The van der Waals surface area contributed by atoms with Gasteiger partial charge in [-0.2, -0.15) is 13.2 Å². The molecule has 1 atom stereocenters. The Bertz CT molecular complexity index is 1120. The van der Waals surface area contributed by atoms with E-state index in [0.29, 0.717) is 5.95 Å². The lowest BCUT2D eigenvalue weighted by Crippen LogP contribution is -2.48. The van der Waals surface area contributed by atoms with Gasteiger partial charge in [0, 0.05) is 48.1 Å². The minimum atomic E-state index is -5.08. The first-order chi connectivity index (χ1) is 16.6. The van der Waals surface area contributed by atoms with Gasteiger partial charge in [-0.1, -0.05) is 18.2 Å². The molecule has 1 unspecified atom stereocenters. The second kappa shape index (κ2) is 12.5. The van der Waals surface area contributed by atoms with Crippen LogP contribution in [0, 0.1) is 0 Å². The van der Waals surface area contributed by atoms with Gasteiger partial charge in [0.25, 0.3) is 5.91 Å². The van der Waals surface area contributed by atoms with E-state index >= 15 is 0 Å². The third-order valence-corrected chi connectivity index (χ3v) is 6.45. The van der Waals surface area contributed by atoms with E-state index in [-0.39, 0.29) is 23.7 Å². The average molecular weight is 532 g/mol. The molecular formula is C21H24F3N5O6S.